The minimum atomic E-state index is -0.488. The van der Waals surface area contributed by atoms with Crippen LogP contribution in [0.15, 0.2) is 249 Å². The third kappa shape index (κ3) is 6.53. The molecule has 4 nitrogen and oxygen atoms in total. The Morgan fingerprint density at radius 2 is 1.03 bits per heavy atom. The Bertz CT molecular complexity index is 3620. The second-order valence-corrected chi connectivity index (χ2v) is 18.9. The lowest BCUT2D eigenvalue weighted by molar-refractivity contribution is 0.767. The van der Waals surface area contributed by atoms with E-state index in [4.69, 9.17) is 9.97 Å². The Labute approximate surface area is 400 Å². The first kappa shape index (κ1) is 40.1. The summed E-state index contributed by atoms with van der Waals surface area (Å²) >= 11 is 1.90. The smallest absolute Gasteiger partial charge is 0.159 e. The SMILES string of the molecule is C1=C(c2ccccc2)SC(N(c2ccc(-c3ccccc3)cc2)c2cnc(-c3ccc4c(c3)c3ccccc3n4-c3ccc4c(c3)C(c3ccccc3)(c3ccccc3)c3ccccc3-4)nc2)C1. The molecule has 322 valence electrons. The molecule has 68 heavy (non-hydrogen) atoms. The van der Waals surface area contributed by atoms with Gasteiger partial charge in [-0.1, -0.05) is 188 Å². The molecule has 1 atom stereocenters. The molecule has 1 unspecified atom stereocenters. The van der Waals surface area contributed by atoms with E-state index < -0.39 is 5.41 Å². The van der Waals surface area contributed by atoms with Crippen molar-refractivity contribution < 1.29 is 0 Å². The van der Waals surface area contributed by atoms with Crippen LogP contribution in [-0.2, 0) is 5.41 Å². The molecule has 2 aromatic heterocycles. The monoisotopic (exact) mass is 888 g/mol. The quantitative estimate of drug-likeness (QED) is 0.145. The Kier molecular flexibility index (Phi) is 9.76. The summed E-state index contributed by atoms with van der Waals surface area (Å²) < 4.78 is 2.43. The highest BCUT2D eigenvalue weighted by molar-refractivity contribution is 8.09. The molecule has 0 N–H and O–H groups in total. The van der Waals surface area contributed by atoms with E-state index in [2.05, 4.69) is 246 Å². The number of hydrogen-bond acceptors (Lipinski definition) is 4. The van der Waals surface area contributed by atoms with Crippen molar-refractivity contribution >= 4 is 49.8 Å². The molecule has 13 rings (SSSR count). The van der Waals surface area contributed by atoms with Gasteiger partial charge in [-0.25, -0.2) is 9.97 Å². The van der Waals surface area contributed by atoms with Crippen molar-refractivity contribution in [1.29, 1.82) is 0 Å². The van der Waals surface area contributed by atoms with E-state index in [9.17, 15) is 0 Å². The lowest BCUT2D eigenvalue weighted by Gasteiger charge is -2.34. The molecule has 1 aliphatic carbocycles. The van der Waals surface area contributed by atoms with Crippen LogP contribution < -0.4 is 4.90 Å². The van der Waals surface area contributed by atoms with Crippen LogP contribution in [0.4, 0.5) is 11.4 Å². The molecule has 0 radical (unpaired) electrons. The van der Waals surface area contributed by atoms with Gasteiger partial charge >= 0.3 is 0 Å². The van der Waals surface area contributed by atoms with Crippen LogP contribution in [0.2, 0.25) is 0 Å². The van der Waals surface area contributed by atoms with Gasteiger partial charge in [0.15, 0.2) is 5.82 Å². The van der Waals surface area contributed by atoms with Gasteiger partial charge in [0.1, 0.15) is 0 Å². The van der Waals surface area contributed by atoms with E-state index in [0.29, 0.717) is 5.82 Å². The number of para-hydroxylation sites is 1. The van der Waals surface area contributed by atoms with Gasteiger partial charge in [0, 0.05) is 32.6 Å². The van der Waals surface area contributed by atoms with Crippen LogP contribution in [0.1, 0.15) is 34.2 Å². The molecule has 0 spiro atoms. The van der Waals surface area contributed by atoms with Crippen molar-refractivity contribution in [3.05, 3.63) is 277 Å². The van der Waals surface area contributed by atoms with Crippen molar-refractivity contribution in [2.75, 3.05) is 4.90 Å². The molecule has 0 amide bonds. The summed E-state index contributed by atoms with van der Waals surface area (Å²) in [7, 11) is 0. The maximum absolute atomic E-state index is 5.11. The Morgan fingerprint density at radius 1 is 0.456 bits per heavy atom. The fourth-order valence-corrected chi connectivity index (χ4v) is 12.2. The van der Waals surface area contributed by atoms with Crippen LogP contribution >= 0.6 is 11.8 Å². The zero-order valence-electron chi connectivity index (χ0n) is 37.2. The van der Waals surface area contributed by atoms with E-state index in [1.807, 2.05) is 24.2 Å². The predicted molar refractivity (Wildman–Crippen MR) is 284 cm³/mol. The third-order valence-corrected chi connectivity index (χ3v) is 15.2. The zero-order valence-corrected chi connectivity index (χ0v) is 38.0. The second-order valence-electron chi connectivity index (χ2n) is 17.6. The Hall–Kier alpha value is -8.25. The minimum absolute atomic E-state index is 0.142. The van der Waals surface area contributed by atoms with Gasteiger partial charge in [-0.15, -0.1) is 11.8 Å². The van der Waals surface area contributed by atoms with Crippen LogP contribution in [0.5, 0.6) is 0 Å². The summed E-state index contributed by atoms with van der Waals surface area (Å²) in [5.74, 6) is 0.694. The van der Waals surface area contributed by atoms with Crippen LogP contribution in [0, 0.1) is 0 Å². The normalized spacial score (nSPS) is 14.7. The Balaban J connectivity index is 0.892. The molecular weight excluding hydrogens is 845 g/mol. The van der Waals surface area contributed by atoms with E-state index >= 15 is 0 Å². The maximum Gasteiger partial charge on any atom is 0.159 e. The van der Waals surface area contributed by atoms with Crippen LogP contribution in [0.3, 0.4) is 0 Å². The molecular formula is C63H44N4S. The molecule has 0 saturated heterocycles. The highest BCUT2D eigenvalue weighted by Crippen LogP contribution is 2.56. The fraction of sp³-hybridized carbons (Fsp3) is 0.0476. The largest absolute Gasteiger partial charge is 0.326 e. The number of aromatic nitrogens is 3. The van der Waals surface area contributed by atoms with Crippen molar-refractivity contribution in [2.45, 2.75) is 17.2 Å². The number of hydrogen-bond donors (Lipinski definition) is 0. The molecule has 0 saturated carbocycles. The third-order valence-electron chi connectivity index (χ3n) is 13.9. The molecule has 5 heteroatoms. The lowest BCUT2D eigenvalue weighted by atomic mass is 9.67. The van der Waals surface area contributed by atoms with E-state index in [1.54, 1.807) is 0 Å². The summed E-state index contributed by atoms with van der Waals surface area (Å²) in [4.78, 5) is 13.9. The number of thioether (sulfide) groups is 1. The van der Waals surface area contributed by atoms with Gasteiger partial charge in [-0.3, -0.25) is 0 Å². The van der Waals surface area contributed by atoms with Gasteiger partial charge in [-0.2, -0.15) is 0 Å². The fourth-order valence-electron chi connectivity index (χ4n) is 10.9. The number of rotatable bonds is 9. The second kappa shape index (κ2) is 16.6. The van der Waals surface area contributed by atoms with Crippen LogP contribution in [-0.4, -0.2) is 19.9 Å². The Morgan fingerprint density at radius 3 is 1.75 bits per heavy atom. The summed E-state index contributed by atoms with van der Waals surface area (Å²) in [5.41, 5.74) is 17.3. The number of nitrogens with zero attached hydrogens (tertiary/aromatic N) is 4. The molecule has 0 bridgehead atoms. The van der Waals surface area contributed by atoms with E-state index in [-0.39, 0.29) is 5.37 Å². The lowest BCUT2D eigenvalue weighted by Crippen LogP contribution is -2.28. The van der Waals surface area contributed by atoms with Gasteiger partial charge < -0.3 is 9.47 Å². The number of benzene rings is 9. The molecule has 9 aromatic carbocycles. The van der Waals surface area contributed by atoms with Crippen LogP contribution in [0.25, 0.3) is 66.0 Å². The molecule has 2 aliphatic rings. The molecule has 1 aliphatic heterocycles. The van der Waals surface area contributed by atoms with Gasteiger partial charge in [0.05, 0.1) is 39.9 Å². The van der Waals surface area contributed by atoms with E-state index in [0.717, 1.165) is 45.5 Å². The summed E-state index contributed by atoms with van der Waals surface area (Å²) in [5, 5.41) is 2.49. The average Bonchev–Trinajstić information content (AvgIpc) is 4.12. The summed E-state index contributed by atoms with van der Waals surface area (Å²) in [6.45, 7) is 0. The topological polar surface area (TPSA) is 34.0 Å². The van der Waals surface area contributed by atoms with E-state index in [1.165, 1.54) is 60.4 Å². The van der Waals surface area contributed by atoms with Crippen molar-refractivity contribution in [3.63, 3.8) is 0 Å². The zero-order chi connectivity index (χ0) is 45.0. The number of anilines is 2. The van der Waals surface area contributed by atoms with Gasteiger partial charge in [0.2, 0.25) is 0 Å². The average molecular weight is 889 g/mol. The maximum atomic E-state index is 5.11. The first-order valence-electron chi connectivity index (χ1n) is 23.3. The first-order valence-corrected chi connectivity index (χ1v) is 24.2. The van der Waals surface area contributed by atoms with Gasteiger partial charge in [-0.05, 0) is 105 Å². The highest BCUT2D eigenvalue weighted by atomic mass is 32.2. The number of fused-ring (bicyclic) bond motifs is 6. The molecule has 0 fully saturated rings. The summed E-state index contributed by atoms with van der Waals surface area (Å²) in [6.07, 6.45) is 7.25. The summed E-state index contributed by atoms with van der Waals surface area (Å²) in [6, 6.07) is 83.7. The van der Waals surface area contributed by atoms with Crippen molar-refractivity contribution in [3.8, 4) is 39.3 Å². The minimum Gasteiger partial charge on any atom is -0.326 e. The highest BCUT2D eigenvalue weighted by Gasteiger charge is 2.46. The standard InChI is InChI=1S/C63H44N4S/c1-5-17-43(18-6-1)44-29-32-49(33-30-44)66(61-38-37-60(68-61)45-19-7-2-8-20-45)51-41-64-62(65-42-51)46-31-36-59-55(39-46)54-26-14-16-28-58(54)67(59)50-34-35-53-52-25-13-15-27-56(52)63(57(53)40-50,47-21-9-3-10-22-47)48-23-11-4-12-24-48/h1-37,39-42,61H,38H2. The van der Waals surface area contributed by atoms with Crippen molar-refractivity contribution in [1.82, 2.24) is 14.5 Å². The molecule has 11 aromatic rings. The molecule has 3 heterocycles. The van der Waals surface area contributed by atoms with Gasteiger partial charge in [0.25, 0.3) is 0 Å². The first-order chi connectivity index (χ1) is 33.7. The van der Waals surface area contributed by atoms with Crippen molar-refractivity contribution in [2.24, 2.45) is 0 Å². The predicted octanol–water partition coefficient (Wildman–Crippen LogP) is 15.9.